The first-order valence-electron chi connectivity index (χ1n) is 5.35. The average Bonchev–Trinajstić information content (AvgIpc) is 2.82. The van der Waals surface area contributed by atoms with Gasteiger partial charge in [0.1, 0.15) is 4.21 Å². The van der Waals surface area contributed by atoms with E-state index in [2.05, 4.69) is 4.72 Å². The fourth-order valence-corrected chi connectivity index (χ4v) is 4.17. The SMILES string of the molecule is CC1(C)OCC(CNS(=O)(=O)c2ccc(Cl)s2)O1. The molecule has 0 saturated carbocycles. The van der Waals surface area contributed by atoms with Crippen LogP contribution in [-0.4, -0.2) is 33.5 Å². The Morgan fingerprint density at radius 3 is 2.78 bits per heavy atom. The maximum absolute atomic E-state index is 11.9. The van der Waals surface area contributed by atoms with Crippen molar-refractivity contribution >= 4 is 33.0 Å². The molecule has 0 amide bonds. The highest BCUT2D eigenvalue weighted by molar-refractivity contribution is 7.91. The maximum Gasteiger partial charge on any atom is 0.250 e. The molecular formula is C10H14ClNO4S2. The quantitative estimate of drug-likeness (QED) is 0.921. The van der Waals surface area contributed by atoms with Gasteiger partial charge in [-0.05, 0) is 26.0 Å². The van der Waals surface area contributed by atoms with Crippen molar-refractivity contribution in [3.05, 3.63) is 16.5 Å². The van der Waals surface area contributed by atoms with Gasteiger partial charge in [-0.3, -0.25) is 0 Å². The number of ether oxygens (including phenoxy) is 2. The number of halogens is 1. The fourth-order valence-electron chi connectivity index (χ4n) is 1.58. The highest BCUT2D eigenvalue weighted by Crippen LogP contribution is 2.26. The normalized spacial score (nSPS) is 23.4. The molecule has 0 aromatic carbocycles. The zero-order valence-electron chi connectivity index (χ0n) is 9.97. The van der Waals surface area contributed by atoms with Crippen LogP contribution in [0, 0.1) is 0 Å². The van der Waals surface area contributed by atoms with Crippen molar-refractivity contribution in [3.63, 3.8) is 0 Å². The molecule has 2 heterocycles. The monoisotopic (exact) mass is 311 g/mol. The van der Waals surface area contributed by atoms with E-state index in [1.165, 1.54) is 6.07 Å². The summed E-state index contributed by atoms with van der Waals surface area (Å²) in [5.41, 5.74) is 0. The van der Waals surface area contributed by atoms with Gasteiger partial charge < -0.3 is 9.47 Å². The van der Waals surface area contributed by atoms with Gasteiger partial charge >= 0.3 is 0 Å². The minimum atomic E-state index is -3.52. The molecule has 0 bridgehead atoms. The van der Waals surface area contributed by atoms with Gasteiger partial charge in [0.2, 0.25) is 10.0 Å². The largest absolute Gasteiger partial charge is 0.348 e. The predicted octanol–water partition coefficient (Wildman–Crippen LogP) is 1.83. The van der Waals surface area contributed by atoms with Crippen molar-refractivity contribution in [2.75, 3.05) is 13.2 Å². The summed E-state index contributed by atoms with van der Waals surface area (Å²) in [6, 6.07) is 3.03. The third-order valence-electron chi connectivity index (χ3n) is 2.38. The van der Waals surface area contributed by atoms with E-state index >= 15 is 0 Å². The molecule has 1 aromatic rings. The molecule has 1 fully saturated rings. The van der Waals surface area contributed by atoms with E-state index in [0.29, 0.717) is 10.9 Å². The third-order valence-corrected chi connectivity index (χ3v) is 5.53. The van der Waals surface area contributed by atoms with Crippen molar-refractivity contribution in [1.82, 2.24) is 4.72 Å². The number of sulfonamides is 1. The van der Waals surface area contributed by atoms with Crippen molar-refractivity contribution in [3.8, 4) is 0 Å². The number of nitrogens with one attached hydrogen (secondary N) is 1. The Labute approximate surface area is 115 Å². The van der Waals surface area contributed by atoms with Gasteiger partial charge in [0.25, 0.3) is 0 Å². The Kier molecular flexibility index (Phi) is 4.01. The summed E-state index contributed by atoms with van der Waals surface area (Å²) in [4.78, 5) is 0. The lowest BCUT2D eigenvalue weighted by molar-refractivity contribution is -0.137. The minimum Gasteiger partial charge on any atom is -0.348 e. The van der Waals surface area contributed by atoms with Gasteiger partial charge in [-0.25, -0.2) is 13.1 Å². The number of hydrogen-bond donors (Lipinski definition) is 1. The van der Waals surface area contributed by atoms with E-state index in [9.17, 15) is 8.42 Å². The Hall–Kier alpha value is -0.180. The van der Waals surface area contributed by atoms with E-state index in [-0.39, 0.29) is 16.9 Å². The molecule has 1 saturated heterocycles. The topological polar surface area (TPSA) is 64.6 Å². The fraction of sp³-hybridized carbons (Fsp3) is 0.600. The molecule has 1 unspecified atom stereocenters. The molecule has 1 N–H and O–H groups in total. The van der Waals surface area contributed by atoms with E-state index in [1.54, 1.807) is 19.9 Å². The van der Waals surface area contributed by atoms with Crippen LogP contribution in [0.2, 0.25) is 4.34 Å². The van der Waals surface area contributed by atoms with Crippen molar-refractivity contribution in [1.29, 1.82) is 0 Å². The summed E-state index contributed by atoms with van der Waals surface area (Å²) in [5, 5.41) is 0. The standard InChI is InChI=1S/C10H14ClNO4S2/c1-10(2)15-6-7(16-10)5-12-18(13,14)9-4-3-8(11)17-9/h3-4,7,12H,5-6H2,1-2H3. The summed E-state index contributed by atoms with van der Waals surface area (Å²) < 4.78 is 37.8. The van der Waals surface area contributed by atoms with Crippen molar-refractivity contribution < 1.29 is 17.9 Å². The highest BCUT2D eigenvalue weighted by atomic mass is 35.5. The number of rotatable bonds is 4. The molecular weight excluding hydrogens is 298 g/mol. The summed E-state index contributed by atoms with van der Waals surface area (Å²) in [6.45, 7) is 4.14. The summed E-state index contributed by atoms with van der Waals surface area (Å²) in [5.74, 6) is -0.650. The Morgan fingerprint density at radius 2 is 2.28 bits per heavy atom. The summed E-state index contributed by atoms with van der Waals surface area (Å²) in [6.07, 6.45) is -0.273. The van der Waals surface area contributed by atoms with Gasteiger partial charge in [-0.1, -0.05) is 11.6 Å². The Bertz CT molecular complexity index is 526. The first-order valence-corrected chi connectivity index (χ1v) is 8.03. The molecule has 5 nitrogen and oxygen atoms in total. The van der Waals surface area contributed by atoms with Crippen LogP contribution in [0.25, 0.3) is 0 Å². The van der Waals surface area contributed by atoms with E-state index in [0.717, 1.165) is 11.3 Å². The van der Waals surface area contributed by atoms with Crippen LogP contribution in [0.15, 0.2) is 16.3 Å². The molecule has 1 atom stereocenters. The lowest BCUT2D eigenvalue weighted by Crippen LogP contribution is -2.34. The highest BCUT2D eigenvalue weighted by Gasteiger charge is 2.33. The van der Waals surface area contributed by atoms with Gasteiger partial charge in [0.05, 0.1) is 17.0 Å². The molecule has 18 heavy (non-hydrogen) atoms. The van der Waals surface area contributed by atoms with Crippen molar-refractivity contribution in [2.45, 2.75) is 29.9 Å². The molecule has 0 aliphatic carbocycles. The van der Waals surface area contributed by atoms with Crippen LogP contribution in [0.5, 0.6) is 0 Å². The second-order valence-corrected chi connectivity index (χ2v) is 8.07. The molecule has 1 aliphatic heterocycles. The van der Waals surface area contributed by atoms with Crippen LogP contribution in [-0.2, 0) is 19.5 Å². The van der Waals surface area contributed by atoms with Crippen LogP contribution in [0.4, 0.5) is 0 Å². The molecule has 1 aliphatic rings. The molecule has 8 heteroatoms. The molecule has 1 aromatic heterocycles. The first kappa shape index (κ1) is 14.2. The number of thiophene rings is 1. The molecule has 0 spiro atoms. The molecule has 102 valence electrons. The first-order chi connectivity index (χ1) is 8.28. The third kappa shape index (κ3) is 3.43. The molecule has 2 rings (SSSR count). The average molecular weight is 312 g/mol. The van der Waals surface area contributed by atoms with E-state index < -0.39 is 15.8 Å². The lowest BCUT2D eigenvalue weighted by Gasteiger charge is -2.17. The smallest absolute Gasteiger partial charge is 0.250 e. The predicted molar refractivity (Wildman–Crippen MR) is 69.4 cm³/mol. The Balaban J connectivity index is 1.94. The lowest BCUT2D eigenvalue weighted by atomic mass is 10.4. The van der Waals surface area contributed by atoms with Crippen LogP contribution >= 0.6 is 22.9 Å². The van der Waals surface area contributed by atoms with Gasteiger partial charge in [0, 0.05) is 6.54 Å². The zero-order valence-corrected chi connectivity index (χ0v) is 12.4. The molecule has 0 radical (unpaired) electrons. The van der Waals surface area contributed by atoms with Gasteiger partial charge in [-0.15, -0.1) is 11.3 Å². The van der Waals surface area contributed by atoms with Crippen LogP contribution in [0.3, 0.4) is 0 Å². The number of hydrogen-bond acceptors (Lipinski definition) is 5. The Morgan fingerprint density at radius 1 is 1.56 bits per heavy atom. The second kappa shape index (κ2) is 5.07. The van der Waals surface area contributed by atoms with E-state index in [4.69, 9.17) is 21.1 Å². The van der Waals surface area contributed by atoms with Crippen LogP contribution in [0.1, 0.15) is 13.8 Å². The second-order valence-electron chi connectivity index (χ2n) is 4.36. The summed E-state index contributed by atoms with van der Waals surface area (Å²) in [7, 11) is -3.52. The van der Waals surface area contributed by atoms with Gasteiger partial charge in [-0.2, -0.15) is 0 Å². The summed E-state index contributed by atoms with van der Waals surface area (Å²) >= 11 is 6.73. The zero-order chi connectivity index (χ0) is 13.4. The maximum atomic E-state index is 11.9. The van der Waals surface area contributed by atoms with Crippen molar-refractivity contribution in [2.24, 2.45) is 0 Å². The van der Waals surface area contributed by atoms with Gasteiger partial charge in [0.15, 0.2) is 5.79 Å². The minimum absolute atomic E-state index is 0.182. The van der Waals surface area contributed by atoms with Crippen LogP contribution < -0.4 is 4.72 Å². The van der Waals surface area contributed by atoms with E-state index in [1.807, 2.05) is 0 Å².